The number of sulfone groups is 1. The maximum atomic E-state index is 12.3. The van der Waals surface area contributed by atoms with Crippen LogP contribution in [0.3, 0.4) is 0 Å². The van der Waals surface area contributed by atoms with E-state index < -0.39 is 27.8 Å². The molecule has 0 fully saturated rings. The lowest BCUT2D eigenvalue weighted by atomic mass is 10.2. The molecular weight excluding hydrogens is 374 g/mol. The molecule has 1 amide bonds. The number of benzene rings is 2. The summed E-state index contributed by atoms with van der Waals surface area (Å²) in [4.78, 5) is 24.5. The van der Waals surface area contributed by atoms with Gasteiger partial charge in [-0.25, -0.2) is 13.2 Å². The molecule has 0 bridgehead atoms. The maximum absolute atomic E-state index is 12.3. The highest BCUT2D eigenvalue weighted by molar-refractivity contribution is 7.90. The Morgan fingerprint density at radius 2 is 1.81 bits per heavy atom. The number of amides is 1. The van der Waals surface area contributed by atoms with Gasteiger partial charge in [0.15, 0.2) is 27.4 Å². The van der Waals surface area contributed by atoms with Crippen molar-refractivity contribution >= 4 is 27.4 Å². The van der Waals surface area contributed by atoms with Gasteiger partial charge in [-0.3, -0.25) is 4.79 Å². The SMILES string of the molecule is C[C@@H](OC(=O)c1ccccc1S(C)(=O)=O)C(=O)Nc1ccc2c(c1)OCO2. The van der Waals surface area contributed by atoms with E-state index in [0.717, 1.165) is 6.26 Å². The van der Waals surface area contributed by atoms with Gasteiger partial charge in [0.1, 0.15) is 0 Å². The Morgan fingerprint density at radius 3 is 2.56 bits per heavy atom. The lowest BCUT2D eigenvalue weighted by Crippen LogP contribution is -2.30. The first kappa shape index (κ1) is 18.7. The van der Waals surface area contributed by atoms with E-state index >= 15 is 0 Å². The van der Waals surface area contributed by atoms with E-state index in [-0.39, 0.29) is 17.3 Å². The standard InChI is InChI=1S/C18H17NO7S/c1-11(17(20)19-12-7-8-14-15(9-12)25-10-24-14)26-18(21)13-5-3-4-6-16(13)27(2,22)23/h3-9,11H,10H2,1-2H3,(H,19,20)/t11-/m1/s1. The van der Waals surface area contributed by atoms with Crippen LogP contribution in [0, 0.1) is 0 Å². The molecule has 0 saturated heterocycles. The second-order valence-electron chi connectivity index (χ2n) is 5.87. The molecule has 1 N–H and O–H groups in total. The van der Waals surface area contributed by atoms with E-state index in [1.54, 1.807) is 18.2 Å². The lowest BCUT2D eigenvalue weighted by molar-refractivity contribution is -0.123. The Labute approximate surface area is 156 Å². The van der Waals surface area contributed by atoms with Crippen molar-refractivity contribution in [2.24, 2.45) is 0 Å². The molecule has 2 aromatic carbocycles. The number of rotatable bonds is 5. The number of anilines is 1. The molecule has 27 heavy (non-hydrogen) atoms. The molecule has 2 aromatic rings. The molecule has 1 heterocycles. The number of ether oxygens (including phenoxy) is 3. The van der Waals surface area contributed by atoms with E-state index in [1.807, 2.05) is 0 Å². The van der Waals surface area contributed by atoms with Crippen LogP contribution in [0.25, 0.3) is 0 Å². The number of hydrogen-bond donors (Lipinski definition) is 1. The van der Waals surface area contributed by atoms with Crippen LogP contribution in [0.4, 0.5) is 5.69 Å². The van der Waals surface area contributed by atoms with Gasteiger partial charge in [0.05, 0.1) is 10.5 Å². The van der Waals surface area contributed by atoms with Crippen molar-refractivity contribution in [3.63, 3.8) is 0 Å². The smallest absolute Gasteiger partial charge is 0.340 e. The van der Waals surface area contributed by atoms with Crippen LogP contribution < -0.4 is 14.8 Å². The van der Waals surface area contributed by atoms with Crippen molar-refractivity contribution in [3.05, 3.63) is 48.0 Å². The van der Waals surface area contributed by atoms with Crippen LogP contribution in [-0.4, -0.2) is 39.4 Å². The van der Waals surface area contributed by atoms with Gasteiger partial charge in [0, 0.05) is 18.0 Å². The molecular formula is C18H17NO7S. The van der Waals surface area contributed by atoms with Crippen LogP contribution in [0.5, 0.6) is 11.5 Å². The minimum absolute atomic E-state index is 0.112. The van der Waals surface area contributed by atoms with E-state index in [1.165, 1.54) is 31.2 Å². The minimum Gasteiger partial charge on any atom is -0.454 e. The van der Waals surface area contributed by atoms with E-state index in [9.17, 15) is 18.0 Å². The van der Waals surface area contributed by atoms with Crippen LogP contribution in [0.2, 0.25) is 0 Å². The zero-order valence-electron chi connectivity index (χ0n) is 14.6. The fourth-order valence-electron chi connectivity index (χ4n) is 2.45. The average molecular weight is 391 g/mol. The number of hydrogen-bond acceptors (Lipinski definition) is 7. The molecule has 0 saturated carbocycles. The number of carbonyl (C=O) groups excluding carboxylic acids is 2. The van der Waals surface area contributed by atoms with Gasteiger partial charge in [-0.05, 0) is 31.2 Å². The predicted octanol–water partition coefficient (Wildman–Crippen LogP) is 2.00. The first-order chi connectivity index (χ1) is 12.8. The normalized spacial score (nSPS) is 13.7. The van der Waals surface area contributed by atoms with E-state index in [0.29, 0.717) is 17.2 Å². The Balaban J connectivity index is 1.69. The lowest BCUT2D eigenvalue weighted by Gasteiger charge is -2.15. The van der Waals surface area contributed by atoms with Gasteiger partial charge in [0.2, 0.25) is 6.79 Å². The molecule has 9 heteroatoms. The molecule has 0 spiro atoms. The van der Waals surface area contributed by atoms with Crippen LogP contribution >= 0.6 is 0 Å². The number of nitrogens with one attached hydrogen (secondary N) is 1. The van der Waals surface area contributed by atoms with Crippen molar-refractivity contribution in [2.75, 3.05) is 18.4 Å². The van der Waals surface area contributed by atoms with Crippen LogP contribution in [-0.2, 0) is 19.4 Å². The summed E-state index contributed by atoms with van der Waals surface area (Å²) in [7, 11) is -3.62. The summed E-state index contributed by atoms with van der Waals surface area (Å²) in [6, 6.07) is 10.5. The number of carbonyl (C=O) groups is 2. The second kappa shape index (κ2) is 7.28. The fraction of sp³-hybridized carbons (Fsp3) is 0.222. The molecule has 0 aliphatic carbocycles. The zero-order chi connectivity index (χ0) is 19.6. The maximum Gasteiger partial charge on any atom is 0.340 e. The van der Waals surface area contributed by atoms with Gasteiger partial charge in [-0.2, -0.15) is 0 Å². The van der Waals surface area contributed by atoms with Gasteiger partial charge in [-0.15, -0.1) is 0 Å². The largest absolute Gasteiger partial charge is 0.454 e. The van der Waals surface area contributed by atoms with Crippen molar-refractivity contribution in [1.82, 2.24) is 0 Å². The van der Waals surface area contributed by atoms with Gasteiger partial charge >= 0.3 is 5.97 Å². The summed E-state index contributed by atoms with van der Waals surface area (Å²) in [5.41, 5.74) is 0.325. The van der Waals surface area contributed by atoms with Gasteiger partial charge < -0.3 is 19.5 Å². The van der Waals surface area contributed by atoms with Crippen LogP contribution in [0.1, 0.15) is 17.3 Å². The highest BCUT2D eigenvalue weighted by atomic mass is 32.2. The molecule has 8 nitrogen and oxygen atoms in total. The predicted molar refractivity (Wildman–Crippen MR) is 95.6 cm³/mol. The second-order valence-corrected chi connectivity index (χ2v) is 7.86. The monoisotopic (exact) mass is 391 g/mol. The highest BCUT2D eigenvalue weighted by Gasteiger charge is 2.24. The highest BCUT2D eigenvalue weighted by Crippen LogP contribution is 2.34. The quantitative estimate of drug-likeness (QED) is 0.777. The minimum atomic E-state index is -3.62. The molecule has 142 valence electrons. The number of esters is 1. The fourth-order valence-corrected chi connectivity index (χ4v) is 3.33. The zero-order valence-corrected chi connectivity index (χ0v) is 15.4. The molecule has 1 aliphatic heterocycles. The molecule has 1 aliphatic rings. The molecule has 0 unspecified atom stereocenters. The third-order valence-corrected chi connectivity index (χ3v) is 4.95. The Kier molecular flexibility index (Phi) is 5.04. The summed E-state index contributed by atoms with van der Waals surface area (Å²) in [5, 5.41) is 2.60. The Morgan fingerprint density at radius 1 is 1.11 bits per heavy atom. The van der Waals surface area contributed by atoms with Crippen molar-refractivity contribution < 1.29 is 32.2 Å². The van der Waals surface area contributed by atoms with Crippen molar-refractivity contribution in [2.45, 2.75) is 17.9 Å². The van der Waals surface area contributed by atoms with E-state index in [2.05, 4.69) is 5.32 Å². The third kappa shape index (κ3) is 4.20. The Hall–Kier alpha value is -3.07. The van der Waals surface area contributed by atoms with Crippen molar-refractivity contribution in [1.29, 1.82) is 0 Å². The summed E-state index contributed by atoms with van der Waals surface area (Å²) >= 11 is 0. The van der Waals surface area contributed by atoms with Crippen LogP contribution in [0.15, 0.2) is 47.4 Å². The van der Waals surface area contributed by atoms with E-state index in [4.69, 9.17) is 14.2 Å². The molecule has 1 atom stereocenters. The molecule has 3 rings (SSSR count). The summed E-state index contributed by atoms with van der Waals surface area (Å²) in [6.07, 6.45) is -0.148. The topological polar surface area (TPSA) is 108 Å². The average Bonchev–Trinajstić information content (AvgIpc) is 3.08. The Bertz CT molecular complexity index is 1000. The first-order valence-electron chi connectivity index (χ1n) is 7.96. The van der Waals surface area contributed by atoms with Gasteiger partial charge in [-0.1, -0.05) is 12.1 Å². The summed E-state index contributed by atoms with van der Waals surface area (Å²) in [5.74, 6) is -0.396. The molecule has 0 radical (unpaired) electrons. The number of fused-ring (bicyclic) bond motifs is 1. The van der Waals surface area contributed by atoms with Gasteiger partial charge in [0.25, 0.3) is 5.91 Å². The molecule has 0 aromatic heterocycles. The third-order valence-electron chi connectivity index (χ3n) is 3.80. The summed E-state index contributed by atoms with van der Waals surface area (Å²) in [6.45, 7) is 1.50. The summed E-state index contributed by atoms with van der Waals surface area (Å²) < 4.78 is 39.2. The van der Waals surface area contributed by atoms with Crippen molar-refractivity contribution in [3.8, 4) is 11.5 Å². The first-order valence-corrected chi connectivity index (χ1v) is 9.85.